The van der Waals surface area contributed by atoms with Crippen molar-refractivity contribution in [2.24, 2.45) is 0 Å². The van der Waals surface area contributed by atoms with Gasteiger partial charge in [-0.2, -0.15) is 0 Å². The first-order valence-electron chi connectivity index (χ1n) is 15.3. The predicted molar refractivity (Wildman–Crippen MR) is 169 cm³/mol. The van der Waals surface area contributed by atoms with Crippen molar-refractivity contribution in [2.75, 3.05) is 31.1 Å². The van der Waals surface area contributed by atoms with E-state index in [1.807, 2.05) is 41.3 Å². The first kappa shape index (κ1) is 28.8. The summed E-state index contributed by atoms with van der Waals surface area (Å²) in [6.45, 7) is 7.06. The summed E-state index contributed by atoms with van der Waals surface area (Å²) in [6.07, 6.45) is 5.81. The number of rotatable bonds is 6. The van der Waals surface area contributed by atoms with Crippen molar-refractivity contribution >= 4 is 29.1 Å². The van der Waals surface area contributed by atoms with Crippen LogP contribution in [0.1, 0.15) is 54.5 Å². The molecule has 1 unspecified atom stereocenters. The Morgan fingerprint density at radius 3 is 2.43 bits per heavy atom. The van der Waals surface area contributed by atoms with Gasteiger partial charge in [0.05, 0.1) is 6.04 Å². The van der Waals surface area contributed by atoms with Crippen LogP contribution in [0, 0.1) is 0 Å². The number of aryl methyl sites for hydroxylation is 1. The molecule has 0 saturated carbocycles. The first-order valence-corrected chi connectivity index (χ1v) is 15.7. The molecule has 3 aliphatic rings. The van der Waals surface area contributed by atoms with Crippen molar-refractivity contribution in [2.45, 2.75) is 70.0 Å². The van der Waals surface area contributed by atoms with E-state index >= 15 is 0 Å². The predicted octanol–water partition coefficient (Wildman–Crippen LogP) is 5.04. The summed E-state index contributed by atoms with van der Waals surface area (Å²) in [5.74, 6) is -0.164. The summed E-state index contributed by atoms with van der Waals surface area (Å²) < 4.78 is 0. The molecule has 2 amide bonds. The minimum absolute atomic E-state index is 0.0245. The number of nitrogens with zero attached hydrogens (tertiary/aromatic N) is 2. The number of hydrogen-bond acceptors (Lipinski definition) is 4. The molecule has 0 aromatic heterocycles. The molecule has 3 aromatic carbocycles. The van der Waals surface area contributed by atoms with E-state index in [4.69, 9.17) is 11.6 Å². The summed E-state index contributed by atoms with van der Waals surface area (Å²) in [4.78, 5) is 32.1. The zero-order chi connectivity index (χ0) is 29.3. The lowest BCUT2D eigenvalue weighted by atomic mass is 9.82. The van der Waals surface area contributed by atoms with Crippen LogP contribution in [-0.4, -0.2) is 55.0 Å². The molecular formula is C35H41ClN4O2. The Morgan fingerprint density at radius 1 is 0.929 bits per heavy atom. The fraction of sp³-hybridized carbons (Fsp3) is 0.429. The van der Waals surface area contributed by atoms with Crippen LogP contribution >= 0.6 is 11.6 Å². The van der Waals surface area contributed by atoms with Crippen LogP contribution in [0.15, 0.2) is 66.7 Å². The average molecular weight is 585 g/mol. The van der Waals surface area contributed by atoms with Gasteiger partial charge >= 0.3 is 0 Å². The van der Waals surface area contributed by atoms with Gasteiger partial charge in [0.1, 0.15) is 6.04 Å². The second-order valence-electron chi connectivity index (χ2n) is 12.5. The first-order chi connectivity index (χ1) is 20.3. The summed E-state index contributed by atoms with van der Waals surface area (Å²) in [7, 11) is 0. The molecule has 0 bridgehead atoms. The van der Waals surface area contributed by atoms with Crippen LogP contribution in [-0.2, 0) is 40.8 Å². The van der Waals surface area contributed by atoms with Gasteiger partial charge in [-0.25, -0.2) is 0 Å². The molecule has 2 N–H and O–H groups in total. The van der Waals surface area contributed by atoms with Crippen LogP contribution in [0.25, 0.3) is 0 Å². The Hall–Kier alpha value is -3.35. The Balaban J connectivity index is 1.17. The van der Waals surface area contributed by atoms with Gasteiger partial charge in [0.15, 0.2) is 0 Å². The normalized spacial score (nSPS) is 20.3. The number of nitrogens with one attached hydrogen (secondary N) is 2. The molecule has 1 saturated heterocycles. The van der Waals surface area contributed by atoms with Gasteiger partial charge in [-0.3, -0.25) is 14.9 Å². The van der Waals surface area contributed by atoms with Crippen molar-refractivity contribution in [1.29, 1.82) is 0 Å². The van der Waals surface area contributed by atoms with E-state index in [1.165, 1.54) is 40.8 Å². The van der Waals surface area contributed by atoms with E-state index in [0.717, 1.165) is 31.5 Å². The Bertz CT molecular complexity index is 1450. The minimum Gasteiger partial charge on any atom is -0.368 e. The van der Waals surface area contributed by atoms with Gasteiger partial charge in [0, 0.05) is 48.8 Å². The maximum absolute atomic E-state index is 14.0. The highest BCUT2D eigenvalue weighted by Gasteiger charge is 2.37. The van der Waals surface area contributed by atoms with E-state index in [0.29, 0.717) is 31.0 Å². The van der Waals surface area contributed by atoms with Crippen LogP contribution < -0.4 is 15.5 Å². The van der Waals surface area contributed by atoms with Gasteiger partial charge < -0.3 is 15.1 Å². The van der Waals surface area contributed by atoms with E-state index < -0.39 is 12.1 Å². The third-order valence-corrected chi connectivity index (χ3v) is 9.49. The third kappa shape index (κ3) is 6.06. The van der Waals surface area contributed by atoms with E-state index in [-0.39, 0.29) is 17.4 Å². The van der Waals surface area contributed by atoms with Gasteiger partial charge in [0.2, 0.25) is 11.8 Å². The summed E-state index contributed by atoms with van der Waals surface area (Å²) in [6, 6.07) is 21.4. The van der Waals surface area contributed by atoms with Crippen molar-refractivity contribution in [3.63, 3.8) is 0 Å². The van der Waals surface area contributed by atoms with Crippen LogP contribution in [0.5, 0.6) is 0 Å². The standard InChI is InChI=1S/C35H41ClN4O2/c1-35(2)29-12-6-4-9-26(29)23-30(38-35)33(41)37-31(22-24-14-16-27(36)17-15-24)34(42)40-20-18-39(19-21-40)32-13-7-10-25-8-3-5-11-28(25)32/h4,6-7,9-10,12-17,30-31,38H,3,5,8,11,18-23H2,1-2H3,(H,37,41)/t30?,31-/m1/s1. The zero-order valence-corrected chi connectivity index (χ0v) is 25.4. The average Bonchev–Trinajstić information content (AvgIpc) is 3.01. The van der Waals surface area contributed by atoms with Crippen LogP contribution in [0.2, 0.25) is 5.02 Å². The number of benzene rings is 3. The van der Waals surface area contributed by atoms with Crippen molar-refractivity contribution < 1.29 is 9.59 Å². The summed E-state index contributed by atoms with van der Waals surface area (Å²) in [5.41, 5.74) is 7.29. The lowest BCUT2D eigenvalue weighted by molar-refractivity contribution is -0.137. The number of piperazine rings is 1. The van der Waals surface area contributed by atoms with Crippen molar-refractivity contribution in [3.05, 3.63) is 99.6 Å². The fourth-order valence-electron chi connectivity index (χ4n) is 7.02. The lowest BCUT2D eigenvalue weighted by Gasteiger charge is -2.40. The summed E-state index contributed by atoms with van der Waals surface area (Å²) >= 11 is 6.14. The molecule has 1 fully saturated rings. The highest BCUT2D eigenvalue weighted by molar-refractivity contribution is 6.30. The molecule has 0 radical (unpaired) electrons. The van der Waals surface area contributed by atoms with Crippen LogP contribution in [0.4, 0.5) is 5.69 Å². The topological polar surface area (TPSA) is 64.7 Å². The third-order valence-electron chi connectivity index (χ3n) is 9.24. The number of amides is 2. The molecule has 220 valence electrons. The maximum Gasteiger partial charge on any atom is 0.245 e. The Kier molecular flexibility index (Phi) is 8.28. The number of anilines is 1. The number of carbonyl (C=O) groups excluding carboxylic acids is 2. The van der Waals surface area contributed by atoms with Gasteiger partial charge in [-0.1, -0.05) is 60.1 Å². The second kappa shape index (κ2) is 12.1. The molecular weight excluding hydrogens is 544 g/mol. The maximum atomic E-state index is 14.0. The number of hydrogen-bond donors (Lipinski definition) is 2. The highest BCUT2D eigenvalue weighted by atomic mass is 35.5. The number of carbonyl (C=O) groups is 2. The molecule has 2 atom stereocenters. The van der Waals surface area contributed by atoms with Gasteiger partial charge in [0.25, 0.3) is 0 Å². The number of fused-ring (bicyclic) bond motifs is 2. The molecule has 3 aromatic rings. The fourth-order valence-corrected chi connectivity index (χ4v) is 7.15. The molecule has 7 heteroatoms. The quantitative estimate of drug-likeness (QED) is 0.426. The number of halogens is 1. The SMILES string of the molecule is CC1(C)NC(C(=O)N[C@H](Cc2ccc(Cl)cc2)C(=O)N2CCN(c3cccc4c3CCCC4)CC2)Cc2ccccc21. The highest BCUT2D eigenvalue weighted by Crippen LogP contribution is 2.32. The zero-order valence-electron chi connectivity index (χ0n) is 24.7. The van der Waals surface area contributed by atoms with Crippen LogP contribution in [0.3, 0.4) is 0 Å². The summed E-state index contributed by atoms with van der Waals surface area (Å²) in [5, 5.41) is 7.34. The van der Waals surface area contributed by atoms with Gasteiger partial charge in [-0.15, -0.1) is 0 Å². The second-order valence-corrected chi connectivity index (χ2v) is 12.9. The van der Waals surface area contributed by atoms with E-state index in [2.05, 4.69) is 59.7 Å². The van der Waals surface area contributed by atoms with Crippen molar-refractivity contribution in [1.82, 2.24) is 15.5 Å². The lowest BCUT2D eigenvalue weighted by Crippen LogP contribution is -2.60. The molecule has 42 heavy (non-hydrogen) atoms. The molecule has 2 aliphatic heterocycles. The van der Waals surface area contributed by atoms with E-state index in [9.17, 15) is 9.59 Å². The molecule has 1 aliphatic carbocycles. The molecule has 6 rings (SSSR count). The van der Waals surface area contributed by atoms with Gasteiger partial charge in [-0.05, 0) is 92.0 Å². The Morgan fingerprint density at radius 2 is 1.64 bits per heavy atom. The van der Waals surface area contributed by atoms with E-state index in [1.54, 1.807) is 0 Å². The largest absolute Gasteiger partial charge is 0.368 e. The van der Waals surface area contributed by atoms with Crippen molar-refractivity contribution in [3.8, 4) is 0 Å². The Labute approximate surface area is 254 Å². The molecule has 0 spiro atoms. The molecule has 2 heterocycles. The molecule has 6 nitrogen and oxygen atoms in total. The monoisotopic (exact) mass is 584 g/mol. The minimum atomic E-state index is -0.656. The smallest absolute Gasteiger partial charge is 0.245 e.